The average molecular weight is 345 g/mol. The zero-order chi connectivity index (χ0) is 18.1. The van der Waals surface area contributed by atoms with Gasteiger partial charge in [-0.25, -0.2) is 9.67 Å². The fraction of sp³-hybridized carbons (Fsp3) is 0.158. The first-order valence-electron chi connectivity index (χ1n) is 8.32. The molecule has 4 rings (SSSR count). The largest absolute Gasteiger partial charge is 0.345 e. The van der Waals surface area contributed by atoms with E-state index in [1.807, 2.05) is 74.1 Å². The van der Waals surface area contributed by atoms with Crippen LogP contribution < -0.4 is 5.32 Å². The van der Waals surface area contributed by atoms with E-state index in [0.717, 1.165) is 28.1 Å². The third kappa shape index (κ3) is 2.95. The standard InChI is InChI=1S/C19H19N7/c1-13-11-14(2)26(24-13)19-22-17(16-18(23-19)25(3)12-21-16)20-10-9-15-7-5-4-6-8-15/h4-12H,1-3H3,(H,20,22,23). The lowest BCUT2D eigenvalue weighted by molar-refractivity contribution is 0.776. The molecule has 130 valence electrons. The Morgan fingerprint density at radius 3 is 2.62 bits per heavy atom. The molecule has 0 aliphatic carbocycles. The first kappa shape index (κ1) is 16.0. The van der Waals surface area contributed by atoms with Gasteiger partial charge in [0.05, 0.1) is 12.0 Å². The van der Waals surface area contributed by atoms with Crippen molar-refractivity contribution < 1.29 is 0 Å². The number of aromatic nitrogens is 6. The van der Waals surface area contributed by atoms with Gasteiger partial charge in [0.2, 0.25) is 0 Å². The van der Waals surface area contributed by atoms with Crippen LogP contribution in [0.2, 0.25) is 0 Å². The summed E-state index contributed by atoms with van der Waals surface area (Å²) in [6.45, 7) is 3.94. The minimum absolute atomic E-state index is 0.516. The van der Waals surface area contributed by atoms with Crippen molar-refractivity contribution in [2.75, 3.05) is 5.32 Å². The normalized spacial score (nSPS) is 11.5. The van der Waals surface area contributed by atoms with Crippen LogP contribution in [0.25, 0.3) is 23.2 Å². The molecule has 3 heterocycles. The maximum Gasteiger partial charge on any atom is 0.254 e. The summed E-state index contributed by atoms with van der Waals surface area (Å²) in [6.07, 6.45) is 5.58. The number of fused-ring (bicyclic) bond motifs is 1. The van der Waals surface area contributed by atoms with Gasteiger partial charge in [0.25, 0.3) is 5.95 Å². The third-order valence-corrected chi connectivity index (χ3v) is 4.04. The number of benzene rings is 1. The van der Waals surface area contributed by atoms with Gasteiger partial charge < -0.3 is 9.88 Å². The van der Waals surface area contributed by atoms with Gasteiger partial charge in [-0.1, -0.05) is 30.3 Å². The number of rotatable bonds is 4. The van der Waals surface area contributed by atoms with E-state index >= 15 is 0 Å². The Hall–Kier alpha value is -3.48. The molecule has 0 bridgehead atoms. The Bertz CT molecular complexity index is 1090. The molecule has 0 saturated carbocycles. The molecular formula is C19H19N7. The molecule has 1 N–H and O–H groups in total. The molecule has 0 amide bonds. The Balaban J connectivity index is 1.75. The van der Waals surface area contributed by atoms with E-state index in [4.69, 9.17) is 0 Å². The fourth-order valence-electron chi connectivity index (χ4n) is 2.80. The highest BCUT2D eigenvalue weighted by Gasteiger charge is 2.14. The topological polar surface area (TPSA) is 73.5 Å². The molecule has 0 aliphatic heterocycles. The van der Waals surface area contributed by atoms with Gasteiger partial charge in [-0.2, -0.15) is 15.1 Å². The molecule has 3 aromatic heterocycles. The van der Waals surface area contributed by atoms with E-state index < -0.39 is 0 Å². The van der Waals surface area contributed by atoms with Crippen LogP contribution in [0, 0.1) is 13.8 Å². The zero-order valence-corrected chi connectivity index (χ0v) is 14.9. The molecule has 0 spiro atoms. The quantitative estimate of drug-likeness (QED) is 0.615. The third-order valence-electron chi connectivity index (χ3n) is 4.04. The summed E-state index contributed by atoms with van der Waals surface area (Å²) in [4.78, 5) is 13.7. The van der Waals surface area contributed by atoms with Gasteiger partial charge in [0.15, 0.2) is 17.0 Å². The second-order valence-corrected chi connectivity index (χ2v) is 6.13. The van der Waals surface area contributed by atoms with Crippen molar-refractivity contribution in [1.82, 2.24) is 29.3 Å². The van der Waals surface area contributed by atoms with E-state index in [0.29, 0.717) is 11.8 Å². The first-order chi connectivity index (χ1) is 12.6. The van der Waals surface area contributed by atoms with Gasteiger partial charge in [0.1, 0.15) is 0 Å². The smallest absolute Gasteiger partial charge is 0.254 e. The van der Waals surface area contributed by atoms with Crippen molar-refractivity contribution in [2.45, 2.75) is 13.8 Å². The van der Waals surface area contributed by atoms with E-state index in [2.05, 4.69) is 25.4 Å². The van der Waals surface area contributed by atoms with Crippen LogP contribution in [0.15, 0.2) is 48.9 Å². The predicted molar refractivity (Wildman–Crippen MR) is 102 cm³/mol. The molecule has 1 aromatic carbocycles. The highest BCUT2D eigenvalue weighted by molar-refractivity contribution is 5.84. The average Bonchev–Trinajstić information content (AvgIpc) is 3.18. The Kier molecular flexibility index (Phi) is 3.96. The molecule has 0 unspecified atom stereocenters. The summed E-state index contributed by atoms with van der Waals surface area (Å²) < 4.78 is 3.62. The number of hydrogen-bond donors (Lipinski definition) is 1. The highest BCUT2D eigenvalue weighted by Crippen LogP contribution is 2.20. The summed E-state index contributed by atoms with van der Waals surface area (Å²) in [6, 6.07) is 12.1. The Morgan fingerprint density at radius 2 is 1.88 bits per heavy atom. The summed E-state index contributed by atoms with van der Waals surface area (Å²) >= 11 is 0. The van der Waals surface area contributed by atoms with Crippen LogP contribution in [0.1, 0.15) is 17.0 Å². The molecule has 0 saturated heterocycles. The molecule has 7 nitrogen and oxygen atoms in total. The number of hydrogen-bond acceptors (Lipinski definition) is 5. The van der Waals surface area contributed by atoms with Crippen molar-refractivity contribution in [3.63, 3.8) is 0 Å². The van der Waals surface area contributed by atoms with Crippen LogP contribution in [-0.4, -0.2) is 29.3 Å². The van der Waals surface area contributed by atoms with Crippen molar-refractivity contribution in [3.05, 3.63) is 65.9 Å². The van der Waals surface area contributed by atoms with Crippen molar-refractivity contribution >= 4 is 23.1 Å². The summed E-state index contributed by atoms with van der Waals surface area (Å²) in [5.74, 6) is 1.16. The zero-order valence-electron chi connectivity index (χ0n) is 14.9. The van der Waals surface area contributed by atoms with Crippen LogP contribution in [0.5, 0.6) is 0 Å². The SMILES string of the molecule is Cc1cc(C)n(-c2nc(NC=Cc3ccccc3)c3ncn(C)c3n2)n1. The molecule has 26 heavy (non-hydrogen) atoms. The number of nitrogens with one attached hydrogen (secondary N) is 1. The number of anilines is 1. The molecule has 4 aromatic rings. The lowest BCUT2D eigenvalue weighted by Gasteiger charge is -2.07. The summed E-state index contributed by atoms with van der Waals surface area (Å²) in [7, 11) is 1.91. The fourth-order valence-corrected chi connectivity index (χ4v) is 2.80. The molecule has 7 heteroatoms. The van der Waals surface area contributed by atoms with Crippen LogP contribution >= 0.6 is 0 Å². The van der Waals surface area contributed by atoms with Crippen molar-refractivity contribution in [1.29, 1.82) is 0 Å². The van der Waals surface area contributed by atoms with Crippen LogP contribution in [-0.2, 0) is 7.05 Å². The lowest BCUT2D eigenvalue weighted by Crippen LogP contribution is -2.08. The van der Waals surface area contributed by atoms with E-state index in [9.17, 15) is 0 Å². The van der Waals surface area contributed by atoms with E-state index in [1.54, 1.807) is 11.0 Å². The van der Waals surface area contributed by atoms with Gasteiger partial charge in [-0.15, -0.1) is 0 Å². The number of imidazole rings is 1. The van der Waals surface area contributed by atoms with Crippen LogP contribution in [0.4, 0.5) is 5.82 Å². The second kappa shape index (κ2) is 6.44. The maximum absolute atomic E-state index is 4.64. The predicted octanol–water partition coefficient (Wildman–Crippen LogP) is 3.25. The molecular weight excluding hydrogens is 326 g/mol. The number of nitrogens with zero attached hydrogens (tertiary/aromatic N) is 6. The molecule has 0 atom stereocenters. The van der Waals surface area contributed by atoms with Crippen LogP contribution in [0.3, 0.4) is 0 Å². The van der Waals surface area contributed by atoms with E-state index in [-0.39, 0.29) is 0 Å². The lowest BCUT2D eigenvalue weighted by atomic mass is 10.2. The highest BCUT2D eigenvalue weighted by atomic mass is 15.4. The van der Waals surface area contributed by atoms with Gasteiger partial charge in [0, 0.05) is 18.9 Å². The molecule has 0 aliphatic rings. The minimum Gasteiger partial charge on any atom is -0.345 e. The van der Waals surface area contributed by atoms with Crippen molar-refractivity contribution in [2.24, 2.45) is 7.05 Å². The van der Waals surface area contributed by atoms with Crippen molar-refractivity contribution in [3.8, 4) is 5.95 Å². The Morgan fingerprint density at radius 1 is 1.08 bits per heavy atom. The second-order valence-electron chi connectivity index (χ2n) is 6.13. The van der Waals surface area contributed by atoms with Gasteiger partial charge in [-0.05, 0) is 31.6 Å². The minimum atomic E-state index is 0.516. The monoisotopic (exact) mass is 345 g/mol. The van der Waals surface area contributed by atoms with Gasteiger partial charge >= 0.3 is 0 Å². The van der Waals surface area contributed by atoms with Gasteiger partial charge in [-0.3, -0.25) is 0 Å². The van der Waals surface area contributed by atoms with E-state index in [1.165, 1.54) is 0 Å². The summed E-state index contributed by atoms with van der Waals surface area (Å²) in [5, 5.41) is 7.72. The first-order valence-corrected chi connectivity index (χ1v) is 8.32. The number of aryl methyl sites for hydroxylation is 3. The molecule has 0 radical (unpaired) electrons. The molecule has 0 fully saturated rings. The maximum atomic E-state index is 4.64. The summed E-state index contributed by atoms with van der Waals surface area (Å²) in [5.41, 5.74) is 4.48. The Labute approximate surface area is 151 Å².